The lowest BCUT2D eigenvalue weighted by Gasteiger charge is -2.24. The monoisotopic (exact) mass is 265 g/mol. The summed E-state index contributed by atoms with van der Waals surface area (Å²) in [6, 6.07) is 4.17. The molecule has 100 valence electrons. The standard InChI is InChI=1S/C11H11N3O5/c12-8-2-1-7(3-9(8)14(17)18)4-13-10(15)5-19-6-11(13)16/h1-3H,4-6,12H2. The summed E-state index contributed by atoms with van der Waals surface area (Å²) < 4.78 is 4.77. The van der Waals surface area contributed by atoms with E-state index in [4.69, 9.17) is 10.5 Å². The number of amides is 2. The number of anilines is 1. The first-order valence-electron chi connectivity index (χ1n) is 5.43. The van der Waals surface area contributed by atoms with Gasteiger partial charge in [0.1, 0.15) is 18.9 Å². The van der Waals surface area contributed by atoms with Crippen LogP contribution < -0.4 is 5.73 Å². The number of nitrogens with two attached hydrogens (primary N) is 1. The van der Waals surface area contributed by atoms with Gasteiger partial charge >= 0.3 is 0 Å². The summed E-state index contributed by atoms with van der Waals surface area (Å²) in [7, 11) is 0. The molecule has 8 heteroatoms. The van der Waals surface area contributed by atoms with Gasteiger partial charge in [-0.3, -0.25) is 24.6 Å². The minimum Gasteiger partial charge on any atom is -0.393 e. The van der Waals surface area contributed by atoms with Crippen LogP contribution in [0.5, 0.6) is 0 Å². The topological polar surface area (TPSA) is 116 Å². The fraction of sp³-hybridized carbons (Fsp3) is 0.273. The first-order chi connectivity index (χ1) is 8.99. The molecule has 0 unspecified atom stereocenters. The fourth-order valence-electron chi connectivity index (χ4n) is 1.73. The highest BCUT2D eigenvalue weighted by Gasteiger charge is 2.27. The minimum absolute atomic E-state index is 0.0256. The second kappa shape index (κ2) is 5.02. The predicted octanol–water partition coefficient (Wildman–Crippen LogP) is 0.0624. The Kier molecular flexibility index (Phi) is 3.43. The van der Waals surface area contributed by atoms with Crippen LogP contribution in [0.1, 0.15) is 5.56 Å². The Morgan fingerprint density at radius 2 is 1.95 bits per heavy atom. The van der Waals surface area contributed by atoms with E-state index < -0.39 is 16.7 Å². The zero-order valence-electron chi connectivity index (χ0n) is 9.87. The van der Waals surface area contributed by atoms with Gasteiger partial charge in [-0.25, -0.2) is 0 Å². The van der Waals surface area contributed by atoms with Crippen LogP contribution in [0, 0.1) is 10.1 Å². The number of rotatable bonds is 3. The molecule has 2 amide bonds. The van der Waals surface area contributed by atoms with Crippen LogP contribution in [0.15, 0.2) is 18.2 Å². The number of hydrogen-bond donors (Lipinski definition) is 1. The molecule has 1 aromatic carbocycles. The Balaban J connectivity index is 2.23. The molecular weight excluding hydrogens is 254 g/mol. The highest BCUT2D eigenvalue weighted by Crippen LogP contribution is 2.23. The number of benzene rings is 1. The Labute approximate surface area is 107 Å². The Morgan fingerprint density at radius 1 is 1.32 bits per heavy atom. The van der Waals surface area contributed by atoms with Crippen molar-refractivity contribution in [2.24, 2.45) is 0 Å². The highest BCUT2D eigenvalue weighted by molar-refractivity contribution is 5.98. The van der Waals surface area contributed by atoms with Gasteiger partial charge in [0.05, 0.1) is 11.5 Å². The van der Waals surface area contributed by atoms with Crippen LogP contribution in [-0.4, -0.2) is 34.9 Å². The van der Waals surface area contributed by atoms with E-state index in [1.54, 1.807) is 6.07 Å². The second-order valence-electron chi connectivity index (χ2n) is 4.02. The van der Waals surface area contributed by atoms with Gasteiger partial charge in [-0.15, -0.1) is 0 Å². The molecule has 1 heterocycles. The normalized spacial score (nSPS) is 15.7. The molecule has 0 aliphatic carbocycles. The maximum absolute atomic E-state index is 11.5. The summed E-state index contributed by atoms with van der Waals surface area (Å²) >= 11 is 0. The molecule has 2 rings (SSSR count). The van der Waals surface area contributed by atoms with Crippen molar-refractivity contribution in [1.82, 2.24) is 4.90 Å². The lowest BCUT2D eigenvalue weighted by molar-refractivity contribution is -0.384. The number of ether oxygens (including phenoxy) is 1. The number of carbonyl (C=O) groups is 2. The third kappa shape index (κ3) is 2.68. The van der Waals surface area contributed by atoms with Crippen LogP contribution in [0.4, 0.5) is 11.4 Å². The molecular formula is C11H11N3O5. The number of morpholine rings is 1. The first-order valence-corrected chi connectivity index (χ1v) is 5.43. The maximum Gasteiger partial charge on any atom is 0.292 e. The quantitative estimate of drug-likeness (QED) is 0.357. The van der Waals surface area contributed by atoms with Gasteiger partial charge in [0.2, 0.25) is 0 Å². The van der Waals surface area contributed by atoms with Crippen LogP contribution in [-0.2, 0) is 20.9 Å². The van der Waals surface area contributed by atoms with Gasteiger partial charge in [0.25, 0.3) is 17.5 Å². The summed E-state index contributed by atoms with van der Waals surface area (Å²) in [5, 5.41) is 10.8. The van der Waals surface area contributed by atoms with E-state index in [1.165, 1.54) is 12.1 Å². The van der Waals surface area contributed by atoms with Crippen LogP contribution >= 0.6 is 0 Å². The Morgan fingerprint density at radius 3 is 2.53 bits per heavy atom. The van der Waals surface area contributed by atoms with E-state index in [0.717, 1.165) is 4.90 Å². The van der Waals surface area contributed by atoms with E-state index in [9.17, 15) is 19.7 Å². The molecule has 1 aliphatic heterocycles. The molecule has 0 aromatic heterocycles. The molecule has 0 atom stereocenters. The summed E-state index contributed by atoms with van der Waals surface area (Å²) in [6.45, 7) is -0.353. The van der Waals surface area contributed by atoms with Gasteiger partial charge in [-0.2, -0.15) is 0 Å². The van der Waals surface area contributed by atoms with Crippen molar-refractivity contribution in [3.05, 3.63) is 33.9 Å². The average Bonchev–Trinajstić information content (AvgIpc) is 2.35. The molecule has 1 aliphatic rings. The number of nitrogens with zero attached hydrogens (tertiary/aromatic N) is 2. The van der Waals surface area contributed by atoms with Gasteiger partial charge in [-0.05, 0) is 11.6 Å². The summed E-state index contributed by atoms with van der Waals surface area (Å²) in [5.74, 6) is -0.925. The van der Waals surface area contributed by atoms with Crippen molar-refractivity contribution in [2.75, 3.05) is 18.9 Å². The van der Waals surface area contributed by atoms with Crippen molar-refractivity contribution in [2.45, 2.75) is 6.54 Å². The van der Waals surface area contributed by atoms with E-state index in [0.29, 0.717) is 5.56 Å². The number of nitro groups is 1. The molecule has 19 heavy (non-hydrogen) atoms. The van der Waals surface area contributed by atoms with Gasteiger partial charge in [0, 0.05) is 6.07 Å². The SMILES string of the molecule is Nc1ccc(CN2C(=O)COCC2=O)cc1[N+](=O)[O-]. The van der Waals surface area contributed by atoms with Gasteiger partial charge < -0.3 is 10.5 Å². The molecule has 1 saturated heterocycles. The lowest BCUT2D eigenvalue weighted by atomic mass is 10.1. The number of nitro benzene ring substituents is 1. The smallest absolute Gasteiger partial charge is 0.292 e. The zero-order valence-corrected chi connectivity index (χ0v) is 9.87. The Bertz CT molecular complexity index is 541. The molecule has 1 fully saturated rings. The maximum atomic E-state index is 11.5. The highest BCUT2D eigenvalue weighted by atomic mass is 16.6. The molecule has 0 saturated carbocycles. The van der Waals surface area contributed by atoms with Crippen molar-refractivity contribution in [3.63, 3.8) is 0 Å². The fourth-order valence-corrected chi connectivity index (χ4v) is 1.73. The first kappa shape index (κ1) is 13.0. The van der Waals surface area contributed by atoms with E-state index in [1.807, 2.05) is 0 Å². The molecule has 0 spiro atoms. The second-order valence-corrected chi connectivity index (χ2v) is 4.02. The molecule has 0 bridgehead atoms. The lowest BCUT2D eigenvalue weighted by Crippen LogP contribution is -2.45. The van der Waals surface area contributed by atoms with Crippen molar-refractivity contribution < 1.29 is 19.2 Å². The van der Waals surface area contributed by atoms with Crippen LogP contribution in [0.3, 0.4) is 0 Å². The number of hydrogen-bond acceptors (Lipinski definition) is 6. The largest absolute Gasteiger partial charge is 0.393 e. The van der Waals surface area contributed by atoms with E-state index in [2.05, 4.69) is 0 Å². The van der Waals surface area contributed by atoms with Crippen LogP contribution in [0.2, 0.25) is 0 Å². The summed E-state index contributed by atoms with van der Waals surface area (Å²) in [5.41, 5.74) is 5.72. The third-order valence-corrected chi connectivity index (χ3v) is 2.69. The van der Waals surface area contributed by atoms with E-state index >= 15 is 0 Å². The summed E-state index contributed by atoms with van der Waals surface area (Å²) in [6.07, 6.45) is 0. The zero-order chi connectivity index (χ0) is 14.0. The van der Waals surface area contributed by atoms with Crippen LogP contribution in [0.25, 0.3) is 0 Å². The molecule has 2 N–H and O–H groups in total. The average molecular weight is 265 g/mol. The molecule has 1 aromatic rings. The molecule has 8 nitrogen and oxygen atoms in total. The predicted molar refractivity (Wildman–Crippen MR) is 63.9 cm³/mol. The Hall–Kier alpha value is -2.48. The van der Waals surface area contributed by atoms with Gasteiger partial charge in [0.15, 0.2) is 0 Å². The van der Waals surface area contributed by atoms with Crippen molar-refractivity contribution >= 4 is 23.2 Å². The number of nitrogen functional groups attached to an aromatic ring is 1. The van der Waals surface area contributed by atoms with Crippen molar-refractivity contribution in [1.29, 1.82) is 0 Å². The third-order valence-electron chi connectivity index (χ3n) is 2.69. The number of carbonyl (C=O) groups excluding carboxylic acids is 2. The minimum atomic E-state index is -0.609. The van der Waals surface area contributed by atoms with Crippen molar-refractivity contribution in [3.8, 4) is 0 Å². The number of imide groups is 1. The van der Waals surface area contributed by atoms with Gasteiger partial charge in [-0.1, -0.05) is 6.07 Å². The molecule has 0 radical (unpaired) electrons. The van der Waals surface area contributed by atoms with E-state index in [-0.39, 0.29) is 31.1 Å². The summed E-state index contributed by atoms with van der Waals surface area (Å²) in [4.78, 5) is 34.2.